The molecule has 3 aromatic carbocycles. The van der Waals surface area contributed by atoms with E-state index >= 15 is 0 Å². The average Bonchev–Trinajstić information content (AvgIpc) is 2.79. The van der Waals surface area contributed by atoms with Crippen LogP contribution in [0.3, 0.4) is 0 Å². The Morgan fingerprint density at radius 3 is 2.22 bits per heavy atom. The van der Waals surface area contributed by atoms with E-state index in [1.54, 1.807) is 48.5 Å². The molecule has 1 N–H and O–H groups in total. The standard InChI is InChI=1S/C24H19ClN2O5/c25-18-10-1-2-11-19(18)26-20(28)14-32-21(29)12-5-13-27-23(30)16-8-3-6-15-7-4-9-17(22(15)16)24(27)31/h1-4,6-11H,5,12-14H2,(H,26,28). The van der Waals surface area contributed by atoms with E-state index < -0.39 is 18.5 Å². The van der Waals surface area contributed by atoms with Crippen molar-refractivity contribution in [3.05, 3.63) is 76.8 Å². The molecule has 0 bridgehead atoms. The summed E-state index contributed by atoms with van der Waals surface area (Å²) in [7, 11) is 0. The first-order valence-electron chi connectivity index (χ1n) is 10.0. The number of nitrogens with zero attached hydrogens (tertiary/aromatic N) is 1. The van der Waals surface area contributed by atoms with Gasteiger partial charge in [0, 0.05) is 29.5 Å². The Hall–Kier alpha value is -3.71. The van der Waals surface area contributed by atoms with Crippen molar-refractivity contribution < 1.29 is 23.9 Å². The van der Waals surface area contributed by atoms with Crippen molar-refractivity contribution in [3.8, 4) is 0 Å². The van der Waals surface area contributed by atoms with Gasteiger partial charge in [-0.3, -0.25) is 24.1 Å². The van der Waals surface area contributed by atoms with Gasteiger partial charge in [0.1, 0.15) is 0 Å². The van der Waals surface area contributed by atoms with Gasteiger partial charge in [0.2, 0.25) is 0 Å². The Kier molecular flexibility index (Phi) is 6.18. The van der Waals surface area contributed by atoms with E-state index in [4.69, 9.17) is 16.3 Å². The Morgan fingerprint density at radius 1 is 0.906 bits per heavy atom. The number of carbonyl (C=O) groups is 4. The van der Waals surface area contributed by atoms with Crippen molar-refractivity contribution in [2.24, 2.45) is 0 Å². The highest BCUT2D eigenvalue weighted by Crippen LogP contribution is 2.30. The lowest BCUT2D eigenvalue weighted by molar-refractivity contribution is -0.147. The van der Waals surface area contributed by atoms with Crippen LogP contribution in [0.2, 0.25) is 5.02 Å². The van der Waals surface area contributed by atoms with E-state index in [0.717, 1.165) is 10.3 Å². The first kappa shape index (κ1) is 21.5. The maximum absolute atomic E-state index is 12.8. The summed E-state index contributed by atoms with van der Waals surface area (Å²) in [5.41, 5.74) is 1.36. The maximum Gasteiger partial charge on any atom is 0.306 e. The second-order valence-corrected chi connectivity index (χ2v) is 7.67. The predicted octanol–water partition coefficient (Wildman–Crippen LogP) is 4.05. The van der Waals surface area contributed by atoms with E-state index in [1.807, 2.05) is 12.1 Å². The number of halogens is 1. The van der Waals surface area contributed by atoms with Crippen LogP contribution in [0, 0.1) is 0 Å². The SMILES string of the molecule is O=C(COC(=O)CCCN1C(=O)c2cccc3cccc(c23)C1=O)Nc1ccccc1Cl. The summed E-state index contributed by atoms with van der Waals surface area (Å²) < 4.78 is 4.98. The highest BCUT2D eigenvalue weighted by atomic mass is 35.5. The van der Waals surface area contributed by atoms with Crippen LogP contribution in [0.1, 0.15) is 33.6 Å². The molecular formula is C24H19ClN2O5. The minimum Gasteiger partial charge on any atom is -0.456 e. The van der Waals surface area contributed by atoms with Crippen molar-refractivity contribution in [1.82, 2.24) is 4.90 Å². The largest absolute Gasteiger partial charge is 0.456 e. The first-order chi connectivity index (χ1) is 15.5. The van der Waals surface area contributed by atoms with Crippen LogP contribution in [-0.2, 0) is 14.3 Å². The maximum atomic E-state index is 12.8. The van der Waals surface area contributed by atoms with Gasteiger partial charge in [-0.1, -0.05) is 48.0 Å². The van der Waals surface area contributed by atoms with Crippen LogP contribution in [-0.4, -0.2) is 41.7 Å². The van der Waals surface area contributed by atoms with E-state index in [0.29, 0.717) is 27.2 Å². The minimum absolute atomic E-state index is 0.0394. The molecule has 0 atom stereocenters. The van der Waals surface area contributed by atoms with Crippen LogP contribution >= 0.6 is 11.6 Å². The molecule has 1 aliphatic rings. The Bertz CT molecular complexity index is 1190. The average molecular weight is 451 g/mol. The smallest absolute Gasteiger partial charge is 0.306 e. The van der Waals surface area contributed by atoms with Crippen LogP contribution in [0.5, 0.6) is 0 Å². The molecule has 162 valence electrons. The van der Waals surface area contributed by atoms with Crippen LogP contribution in [0.25, 0.3) is 10.8 Å². The highest BCUT2D eigenvalue weighted by Gasteiger charge is 2.32. The minimum atomic E-state index is -0.598. The molecule has 7 nitrogen and oxygen atoms in total. The van der Waals surface area contributed by atoms with Gasteiger partial charge in [0.05, 0.1) is 10.7 Å². The van der Waals surface area contributed by atoms with Gasteiger partial charge < -0.3 is 10.1 Å². The number of rotatable bonds is 7. The van der Waals surface area contributed by atoms with E-state index in [9.17, 15) is 19.2 Å². The summed E-state index contributed by atoms with van der Waals surface area (Å²) in [4.78, 5) is 50.8. The fourth-order valence-corrected chi connectivity index (χ4v) is 3.82. The van der Waals surface area contributed by atoms with E-state index in [2.05, 4.69) is 5.32 Å². The lowest BCUT2D eigenvalue weighted by Gasteiger charge is -2.27. The number of amides is 3. The number of hydrogen-bond acceptors (Lipinski definition) is 5. The van der Waals surface area contributed by atoms with Gasteiger partial charge in [-0.2, -0.15) is 0 Å². The molecule has 1 aliphatic heterocycles. The number of esters is 1. The van der Waals surface area contributed by atoms with Gasteiger partial charge in [0.25, 0.3) is 17.7 Å². The van der Waals surface area contributed by atoms with Crippen molar-refractivity contribution in [3.63, 3.8) is 0 Å². The lowest BCUT2D eigenvalue weighted by atomic mass is 9.94. The topological polar surface area (TPSA) is 92.8 Å². The van der Waals surface area contributed by atoms with Crippen molar-refractivity contribution in [2.45, 2.75) is 12.8 Å². The second-order valence-electron chi connectivity index (χ2n) is 7.26. The zero-order valence-electron chi connectivity index (χ0n) is 17.0. The molecule has 0 saturated carbocycles. The third-order valence-electron chi connectivity index (χ3n) is 5.13. The summed E-state index contributed by atoms with van der Waals surface area (Å²) in [6.45, 7) is -0.385. The van der Waals surface area contributed by atoms with Gasteiger partial charge in [-0.15, -0.1) is 0 Å². The van der Waals surface area contributed by atoms with Crippen molar-refractivity contribution >= 4 is 51.8 Å². The number of para-hydroxylation sites is 1. The predicted molar refractivity (Wildman–Crippen MR) is 120 cm³/mol. The van der Waals surface area contributed by atoms with E-state index in [-0.39, 0.29) is 31.2 Å². The molecule has 8 heteroatoms. The molecule has 0 aliphatic carbocycles. The fourth-order valence-electron chi connectivity index (χ4n) is 3.63. The Balaban J connectivity index is 1.29. The normalized spacial score (nSPS) is 12.7. The van der Waals surface area contributed by atoms with E-state index in [1.165, 1.54) is 0 Å². The number of benzene rings is 3. The van der Waals surface area contributed by atoms with Crippen LogP contribution < -0.4 is 5.32 Å². The second kappa shape index (κ2) is 9.20. The number of imide groups is 1. The zero-order chi connectivity index (χ0) is 22.7. The van der Waals surface area contributed by atoms with Gasteiger partial charge in [-0.25, -0.2) is 0 Å². The molecule has 0 spiro atoms. The van der Waals surface area contributed by atoms with Crippen molar-refractivity contribution in [1.29, 1.82) is 0 Å². The molecule has 0 radical (unpaired) electrons. The third-order valence-corrected chi connectivity index (χ3v) is 5.46. The Labute approximate surface area is 188 Å². The molecular weight excluding hydrogens is 432 g/mol. The summed E-state index contributed by atoms with van der Waals surface area (Å²) in [6.07, 6.45) is 0.183. The Morgan fingerprint density at radius 2 is 1.56 bits per heavy atom. The summed E-state index contributed by atoms with van der Waals surface area (Å²) in [5.74, 6) is -1.88. The number of carbonyl (C=O) groups excluding carboxylic acids is 4. The van der Waals surface area contributed by atoms with Gasteiger partial charge >= 0.3 is 5.97 Å². The highest BCUT2D eigenvalue weighted by molar-refractivity contribution is 6.33. The number of nitrogens with one attached hydrogen (secondary N) is 1. The monoisotopic (exact) mass is 450 g/mol. The number of anilines is 1. The fraction of sp³-hybridized carbons (Fsp3) is 0.167. The molecule has 3 aromatic rings. The first-order valence-corrected chi connectivity index (χ1v) is 10.4. The number of hydrogen-bond donors (Lipinski definition) is 1. The molecule has 1 heterocycles. The summed E-state index contributed by atoms with van der Waals surface area (Å²) >= 11 is 5.97. The molecule has 32 heavy (non-hydrogen) atoms. The van der Waals surface area contributed by atoms with Gasteiger partial charge in [-0.05, 0) is 36.1 Å². The summed E-state index contributed by atoms with van der Waals surface area (Å²) in [5, 5.41) is 4.42. The lowest BCUT2D eigenvalue weighted by Crippen LogP contribution is -2.41. The number of ether oxygens (including phenoxy) is 1. The van der Waals surface area contributed by atoms with Gasteiger partial charge in [0.15, 0.2) is 6.61 Å². The molecule has 0 saturated heterocycles. The zero-order valence-corrected chi connectivity index (χ0v) is 17.7. The summed E-state index contributed by atoms with van der Waals surface area (Å²) in [6, 6.07) is 17.4. The molecule has 0 aromatic heterocycles. The quantitative estimate of drug-likeness (QED) is 0.433. The van der Waals surface area contributed by atoms with Crippen LogP contribution in [0.4, 0.5) is 5.69 Å². The molecule has 3 amide bonds. The molecule has 4 rings (SSSR count). The molecule has 0 unspecified atom stereocenters. The third kappa shape index (κ3) is 4.33. The molecule has 0 fully saturated rings. The van der Waals surface area contributed by atoms with Crippen LogP contribution in [0.15, 0.2) is 60.7 Å². The van der Waals surface area contributed by atoms with Crippen molar-refractivity contribution in [2.75, 3.05) is 18.5 Å².